The van der Waals surface area contributed by atoms with Crippen LogP contribution in [0.2, 0.25) is 0 Å². The van der Waals surface area contributed by atoms with Gasteiger partial charge in [-0.25, -0.2) is 4.98 Å². The van der Waals surface area contributed by atoms with Crippen LogP contribution in [0.15, 0.2) is 12.4 Å². The Hall–Kier alpha value is -1.65. The van der Waals surface area contributed by atoms with Crippen molar-refractivity contribution in [1.82, 2.24) is 15.3 Å². The summed E-state index contributed by atoms with van der Waals surface area (Å²) >= 11 is 0. The predicted octanol–water partition coefficient (Wildman–Crippen LogP) is 1.58. The predicted molar refractivity (Wildman–Crippen MR) is 65.9 cm³/mol. The molecule has 5 heteroatoms. The summed E-state index contributed by atoms with van der Waals surface area (Å²) in [5.41, 5.74) is 0.291. The van der Waals surface area contributed by atoms with Crippen LogP contribution in [-0.2, 0) is 0 Å². The zero-order valence-corrected chi connectivity index (χ0v) is 10.3. The lowest BCUT2D eigenvalue weighted by molar-refractivity contribution is 0.0902. The number of hydrogen-bond donors (Lipinski definition) is 2. The van der Waals surface area contributed by atoms with E-state index in [9.17, 15) is 4.79 Å². The highest BCUT2D eigenvalue weighted by atomic mass is 16.2. The van der Waals surface area contributed by atoms with Gasteiger partial charge in [0.1, 0.15) is 11.5 Å². The first-order valence-corrected chi connectivity index (χ1v) is 5.95. The summed E-state index contributed by atoms with van der Waals surface area (Å²) in [6.45, 7) is 2.09. The van der Waals surface area contributed by atoms with Gasteiger partial charge in [0.15, 0.2) is 0 Å². The van der Waals surface area contributed by atoms with Crippen LogP contribution in [0.1, 0.15) is 43.1 Å². The fourth-order valence-electron chi connectivity index (χ4n) is 2.21. The normalized spacial score (nSPS) is 17.8. The second-order valence-corrected chi connectivity index (χ2v) is 4.76. The van der Waals surface area contributed by atoms with Gasteiger partial charge in [0, 0.05) is 12.6 Å². The minimum absolute atomic E-state index is 0.0750. The van der Waals surface area contributed by atoms with Crippen LogP contribution in [0.3, 0.4) is 0 Å². The molecule has 17 heavy (non-hydrogen) atoms. The number of amides is 1. The maximum Gasteiger partial charge on any atom is 0.271 e. The maximum absolute atomic E-state index is 12.0. The molecule has 1 aromatic heterocycles. The smallest absolute Gasteiger partial charge is 0.271 e. The number of anilines is 1. The molecule has 1 heterocycles. The average molecular weight is 234 g/mol. The summed E-state index contributed by atoms with van der Waals surface area (Å²) in [5, 5.41) is 5.93. The van der Waals surface area contributed by atoms with Crippen LogP contribution in [0.5, 0.6) is 0 Å². The van der Waals surface area contributed by atoms with E-state index in [4.69, 9.17) is 0 Å². The first-order valence-electron chi connectivity index (χ1n) is 5.95. The van der Waals surface area contributed by atoms with Crippen LogP contribution < -0.4 is 10.6 Å². The van der Waals surface area contributed by atoms with Crippen LogP contribution in [0.4, 0.5) is 5.82 Å². The third kappa shape index (κ3) is 2.72. The van der Waals surface area contributed by atoms with Gasteiger partial charge in [-0.1, -0.05) is 12.8 Å². The fourth-order valence-corrected chi connectivity index (χ4v) is 2.21. The Kier molecular flexibility index (Phi) is 3.26. The highest BCUT2D eigenvalue weighted by Crippen LogP contribution is 2.29. The van der Waals surface area contributed by atoms with Crippen LogP contribution in [-0.4, -0.2) is 28.5 Å². The molecule has 1 aromatic rings. The van der Waals surface area contributed by atoms with Crippen LogP contribution in [0.25, 0.3) is 0 Å². The largest absolute Gasteiger partial charge is 0.372 e. The van der Waals surface area contributed by atoms with E-state index in [1.165, 1.54) is 19.0 Å². The van der Waals surface area contributed by atoms with Crippen LogP contribution in [0, 0.1) is 0 Å². The lowest BCUT2D eigenvalue weighted by Crippen LogP contribution is -2.43. The van der Waals surface area contributed by atoms with Gasteiger partial charge in [-0.05, 0) is 19.8 Å². The van der Waals surface area contributed by atoms with Crippen molar-refractivity contribution in [2.75, 3.05) is 12.4 Å². The molecule has 1 fully saturated rings. The standard InChI is InChI=1S/C12H18N4O/c1-12(5-3-4-6-12)16-11(17)9-7-14-8-10(13-2)15-9/h7-8H,3-6H2,1-2H3,(H,13,15)(H,16,17). The monoisotopic (exact) mass is 234 g/mol. The SMILES string of the molecule is CNc1cncc(C(=O)NC2(C)CCCC2)n1. The van der Waals surface area contributed by atoms with Gasteiger partial charge < -0.3 is 10.6 Å². The summed E-state index contributed by atoms with van der Waals surface area (Å²) in [4.78, 5) is 20.2. The summed E-state index contributed by atoms with van der Waals surface area (Å²) in [6.07, 6.45) is 7.52. The van der Waals surface area contributed by atoms with Gasteiger partial charge in [0.05, 0.1) is 12.4 Å². The summed E-state index contributed by atoms with van der Waals surface area (Å²) in [6, 6.07) is 0. The van der Waals surface area contributed by atoms with Crippen molar-refractivity contribution in [1.29, 1.82) is 0 Å². The third-order valence-electron chi connectivity index (χ3n) is 3.25. The van der Waals surface area contributed by atoms with Gasteiger partial charge in [0.25, 0.3) is 5.91 Å². The number of hydrogen-bond acceptors (Lipinski definition) is 4. The molecule has 2 rings (SSSR count). The van der Waals surface area contributed by atoms with E-state index in [1.807, 2.05) is 0 Å². The second-order valence-electron chi connectivity index (χ2n) is 4.76. The molecule has 0 saturated heterocycles. The molecule has 0 aliphatic heterocycles. The highest BCUT2D eigenvalue weighted by molar-refractivity contribution is 5.92. The number of nitrogens with one attached hydrogen (secondary N) is 2. The van der Waals surface area contributed by atoms with Gasteiger partial charge in [0.2, 0.25) is 0 Å². The van der Waals surface area contributed by atoms with E-state index in [1.54, 1.807) is 13.2 Å². The molecule has 0 atom stereocenters. The molecule has 0 unspecified atom stereocenters. The quantitative estimate of drug-likeness (QED) is 0.833. The molecule has 1 saturated carbocycles. The number of nitrogens with zero attached hydrogens (tertiary/aromatic N) is 2. The number of carbonyl (C=O) groups excluding carboxylic acids is 1. The molecule has 0 spiro atoms. The van der Waals surface area contributed by atoms with Crippen molar-refractivity contribution in [2.45, 2.75) is 38.1 Å². The fraction of sp³-hybridized carbons (Fsp3) is 0.583. The maximum atomic E-state index is 12.0. The van der Waals surface area contributed by atoms with Crippen molar-refractivity contribution in [3.05, 3.63) is 18.1 Å². The molecule has 1 aliphatic carbocycles. The van der Waals surface area contributed by atoms with Crippen LogP contribution >= 0.6 is 0 Å². The topological polar surface area (TPSA) is 66.9 Å². The molecule has 92 valence electrons. The zero-order chi connectivity index (χ0) is 12.3. The van der Waals surface area contributed by atoms with E-state index in [0.717, 1.165) is 12.8 Å². The third-order valence-corrected chi connectivity index (χ3v) is 3.25. The number of carbonyl (C=O) groups is 1. The van der Waals surface area contributed by atoms with E-state index in [-0.39, 0.29) is 11.4 Å². The minimum atomic E-state index is -0.140. The molecular formula is C12H18N4O. The van der Waals surface area contributed by atoms with E-state index in [0.29, 0.717) is 11.5 Å². The van der Waals surface area contributed by atoms with E-state index < -0.39 is 0 Å². The Labute approximate surface area is 101 Å². The van der Waals surface area contributed by atoms with Crippen molar-refractivity contribution in [3.63, 3.8) is 0 Å². The molecule has 2 N–H and O–H groups in total. The lowest BCUT2D eigenvalue weighted by Gasteiger charge is -2.24. The van der Waals surface area contributed by atoms with E-state index >= 15 is 0 Å². The first kappa shape index (κ1) is 11.8. The lowest BCUT2D eigenvalue weighted by atomic mass is 10.0. The molecule has 1 aliphatic rings. The minimum Gasteiger partial charge on any atom is -0.372 e. The first-order chi connectivity index (χ1) is 8.13. The number of rotatable bonds is 3. The molecule has 1 amide bonds. The average Bonchev–Trinajstić information content (AvgIpc) is 2.76. The number of aromatic nitrogens is 2. The Morgan fingerprint density at radius 1 is 1.35 bits per heavy atom. The van der Waals surface area contributed by atoms with Crippen molar-refractivity contribution < 1.29 is 4.79 Å². The van der Waals surface area contributed by atoms with Crippen molar-refractivity contribution in [2.24, 2.45) is 0 Å². The summed E-state index contributed by atoms with van der Waals surface area (Å²) in [7, 11) is 1.75. The molecule has 5 nitrogen and oxygen atoms in total. The molecule has 0 bridgehead atoms. The van der Waals surface area contributed by atoms with E-state index in [2.05, 4.69) is 27.5 Å². The van der Waals surface area contributed by atoms with Gasteiger partial charge >= 0.3 is 0 Å². The Bertz CT molecular complexity index is 413. The molecule has 0 aromatic carbocycles. The second kappa shape index (κ2) is 4.69. The summed E-state index contributed by atoms with van der Waals surface area (Å²) < 4.78 is 0. The van der Waals surface area contributed by atoms with Crippen molar-refractivity contribution in [3.8, 4) is 0 Å². The molecule has 0 radical (unpaired) electrons. The van der Waals surface area contributed by atoms with Gasteiger partial charge in [-0.3, -0.25) is 9.78 Å². The van der Waals surface area contributed by atoms with Crippen molar-refractivity contribution >= 4 is 11.7 Å². The summed E-state index contributed by atoms with van der Waals surface area (Å²) in [5.74, 6) is 0.466. The van der Waals surface area contributed by atoms with Gasteiger partial charge in [-0.2, -0.15) is 0 Å². The molecular weight excluding hydrogens is 216 g/mol. The Morgan fingerprint density at radius 3 is 2.71 bits per heavy atom. The van der Waals surface area contributed by atoms with Gasteiger partial charge in [-0.15, -0.1) is 0 Å². The Morgan fingerprint density at radius 2 is 2.06 bits per heavy atom. The Balaban J connectivity index is 2.08. The zero-order valence-electron chi connectivity index (χ0n) is 10.3. The highest BCUT2D eigenvalue weighted by Gasteiger charge is 2.30.